The molecule has 0 aliphatic carbocycles. The van der Waals surface area contributed by atoms with Gasteiger partial charge in [-0.25, -0.2) is 15.0 Å². The molecular weight excluding hydrogens is 871 g/mol. The fourth-order valence-electron chi connectivity index (χ4n) is 10.0. The molecule has 338 valence electrons. The second kappa shape index (κ2) is 19.8. The largest absolute Gasteiger partial charge is 0.208 e. The van der Waals surface area contributed by atoms with E-state index in [0.29, 0.717) is 17.5 Å². The maximum atomic E-state index is 5.37. The van der Waals surface area contributed by atoms with Crippen LogP contribution in [0.2, 0.25) is 0 Å². The van der Waals surface area contributed by atoms with Crippen molar-refractivity contribution < 1.29 is 0 Å². The van der Waals surface area contributed by atoms with Crippen molar-refractivity contribution in [1.29, 1.82) is 0 Å². The van der Waals surface area contributed by atoms with E-state index in [2.05, 4.69) is 273 Å². The average Bonchev–Trinajstić information content (AvgIpc) is 3.48. The zero-order valence-electron chi connectivity index (χ0n) is 39.5. The monoisotopic (exact) mass is 917 g/mol. The summed E-state index contributed by atoms with van der Waals surface area (Å²) < 4.78 is 0. The summed E-state index contributed by atoms with van der Waals surface area (Å²) in [5.41, 5.74) is 20.7. The molecule has 0 spiro atoms. The van der Waals surface area contributed by atoms with Gasteiger partial charge in [-0.1, -0.05) is 267 Å². The van der Waals surface area contributed by atoms with Crippen LogP contribution in [0.15, 0.2) is 285 Å². The fourth-order valence-corrected chi connectivity index (χ4v) is 10.0. The van der Waals surface area contributed by atoms with Crippen molar-refractivity contribution in [2.75, 3.05) is 0 Å². The molecule has 0 atom stereocenters. The van der Waals surface area contributed by atoms with E-state index >= 15 is 0 Å². The predicted molar refractivity (Wildman–Crippen MR) is 300 cm³/mol. The van der Waals surface area contributed by atoms with Crippen molar-refractivity contribution in [2.45, 2.75) is 0 Å². The van der Waals surface area contributed by atoms with Crippen molar-refractivity contribution in [3.8, 4) is 123 Å². The minimum absolute atomic E-state index is 0.585. The Morgan fingerprint density at radius 2 is 0.319 bits per heavy atom. The summed E-state index contributed by atoms with van der Waals surface area (Å²) in [5, 5.41) is 0. The summed E-state index contributed by atoms with van der Waals surface area (Å²) in [5.74, 6) is 1.79. The molecule has 12 aromatic rings. The van der Waals surface area contributed by atoms with Crippen molar-refractivity contribution >= 4 is 0 Å². The molecule has 0 amide bonds. The van der Waals surface area contributed by atoms with Crippen molar-refractivity contribution in [3.63, 3.8) is 0 Å². The van der Waals surface area contributed by atoms with Gasteiger partial charge in [0.25, 0.3) is 0 Å². The third kappa shape index (κ3) is 8.72. The Balaban J connectivity index is 1.16. The number of benzene rings is 11. The lowest BCUT2D eigenvalue weighted by Crippen LogP contribution is -2.03. The molecule has 72 heavy (non-hydrogen) atoms. The van der Waals surface area contributed by atoms with E-state index in [4.69, 9.17) is 15.0 Å². The molecule has 0 N–H and O–H groups in total. The first-order valence-corrected chi connectivity index (χ1v) is 24.4. The first-order valence-electron chi connectivity index (χ1n) is 24.4. The van der Waals surface area contributed by atoms with E-state index in [1.165, 1.54) is 5.56 Å². The van der Waals surface area contributed by atoms with Gasteiger partial charge in [0.05, 0.1) is 0 Å². The van der Waals surface area contributed by atoms with Crippen LogP contribution in [0.25, 0.3) is 123 Å². The minimum Gasteiger partial charge on any atom is -0.208 e. The predicted octanol–water partition coefficient (Wildman–Crippen LogP) is 18.2. The third-order valence-electron chi connectivity index (χ3n) is 13.3. The summed E-state index contributed by atoms with van der Waals surface area (Å²) in [6.07, 6.45) is 0. The molecule has 3 heteroatoms. The highest BCUT2D eigenvalue weighted by Gasteiger charge is 2.29. The maximum absolute atomic E-state index is 5.37. The van der Waals surface area contributed by atoms with Gasteiger partial charge < -0.3 is 0 Å². The second-order valence-corrected chi connectivity index (χ2v) is 17.9. The summed E-state index contributed by atoms with van der Waals surface area (Å²) in [7, 11) is 0. The Morgan fingerprint density at radius 3 is 0.583 bits per heavy atom. The van der Waals surface area contributed by atoms with Crippen LogP contribution in [-0.4, -0.2) is 15.0 Å². The Morgan fingerprint density at radius 1 is 0.139 bits per heavy atom. The van der Waals surface area contributed by atoms with Crippen LogP contribution < -0.4 is 0 Å². The average molecular weight is 918 g/mol. The van der Waals surface area contributed by atoms with E-state index in [-0.39, 0.29) is 0 Å². The fraction of sp³-hybridized carbons (Fsp3) is 0. The number of hydrogen-bond acceptors (Lipinski definition) is 3. The zero-order chi connectivity index (χ0) is 48.1. The van der Waals surface area contributed by atoms with E-state index in [1.807, 2.05) is 12.1 Å². The lowest BCUT2D eigenvalue weighted by Gasteiger charge is -2.29. The van der Waals surface area contributed by atoms with Gasteiger partial charge in [-0.2, -0.15) is 0 Å². The second-order valence-electron chi connectivity index (χ2n) is 17.9. The molecule has 0 fully saturated rings. The van der Waals surface area contributed by atoms with Gasteiger partial charge in [0, 0.05) is 16.7 Å². The molecule has 1 aromatic heterocycles. The highest BCUT2D eigenvalue weighted by atomic mass is 15.0. The van der Waals surface area contributed by atoms with Gasteiger partial charge in [0.1, 0.15) is 0 Å². The van der Waals surface area contributed by atoms with E-state index < -0.39 is 0 Å². The van der Waals surface area contributed by atoms with Gasteiger partial charge in [-0.15, -0.1) is 0 Å². The normalized spacial score (nSPS) is 11.1. The van der Waals surface area contributed by atoms with Crippen LogP contribution in [0, 0.1) is 0 Å². The zero-order valence-corrected chi connectivity index (χ0v) is 39.5. The standard InChI is InChI=1S/C69H47N3/c1-8-25-48(26-9-1)55-39-22-42-58(45-55)67-70-68(59-43-23-40-56(46-59)49-27-10-2-11-28-49)72-69(71-67)60-44-24-41-57(47-60)66-64(53-35-18-6-19-36-53)62(51-31-14-4-15-32-51)61(50-29-12-3-13-30-50)63(52-33-16-5-17-34-52)65(66)54-37-20-7-21-38-54/h1-47H. The van der Waals surface area contributed by atoms with Crippen molar-refractivity contribution in [3.05, 3.63) is 285 Å². The minimum atomic E-state index is 0.585. The molecular formula is C69H47N3. The molecule has 3 nitrogen and oxygen atoms in total. The highest BCUT2D eigenvalue weighted by molar-refractivity contribution is 6.15. The molecule has 1 heterocycles. The Kier molecular flexibility index (Phi) is 12.0. The lowest BCUT2D eigenvalue weighted by atomic mass is 9.74. The Hall–Kier alpha value is -9.57. The molecule has 11 aromatic carbocycles. The number of aromatic nitrogens is 3. The van der Waals surface area contributed by atoms with Crippen LogP contribution >= 0.6 is 0 Å². The van der Waals surface area contributed by atoms with E-state index in [9.17, 15) is 0 Å². The van der Waals surface area contributed by atoms with Gasteiger partial charge >= 0.3 is 0 Å². The number of rotatable bonds is 11. The Bertz CT molecular complexity index is 3600. The lowest BCUT2D eigenvalue weighted by molar-refractivity contribution is 1.07. The number of hydrogen-bond donors (Lipinski definition) is 0. The van der Waals surface area contributed by atoms with Crippen LogP contribution in [-0.2, 0) is 0 Å². The van der Waals surface area contributed by atoms with Crippen molar-refractivity contribution in [2.24, 2.45) is 0 Å². The molecule has 0 aliphatic heterocycles. The molecule has 0 bridgehead atoms. The molecule has 0 radical (unpaired) electrons. The summed E-state index contributed by atoms with van der Waals surface area (Å²) in [6.45, 7) is 0. The quantitative estimate of drug-likeness (QED) is 0.130. The summed E-state index contributed by atoms with van der Waals surface area (Å²) in [6, 6.07) is 101. The summed E-state index contributed by atoms with van der Waals surface area (Å²) in [4.78, 5) is 16.0. The van der Waals surface area contributed by atoms with Crippen LogP contribution in [0.5, 0.6) is 0 Å². The van der Waals surface area contributed by atoms with Gasteiger partial charge in [-0.05, 0) is 107 Å². The molecule has 0 saturated heterocycles. The summed E-state index contributed by atoms with van der Waals surface area (Å²) >= 11 is 0. The topological polar surface area (TPSA) is 38.7 Å². The van der Waals surface area contributed by atoms with Gasteiger partial charge in [0.15, 0.2) is 17.5 Å². The number of nitrogens with zero attached hydrogens (tertiary/aromatic N) is 3. The first-order chi connectivity index (χ1) is 35.7. The smallest absolute Gasteiger partial charge is 0.164 e. The van der Waals surface area contributed by atoms with Crippen LogP contribution in [0.1, 0.15) is 0 Å². The highest BCUT2D eigenvalue weighted by Crippen LogP contribution is 2.56. The molecule has 0 aliphatic rings. The Labute approximate surface area is 421 Å². The van der Waals surface area contributed by atoms with Crippen LogP contribution in [0.4, 0.5) is 0 Å². The first kappa shape index (κ1) is 43.7. The molecule has 12 rings (SSSR count). The van der Waals surface area contributed by atoms with E-state index in [1.54, 1.807) is 0 Å². The molecule has 0 saturated carbocycles. The van der Waals surface area contributed by atoms with Crippen molar-refractivity contribution in [1.82, 2.24) is 15.0 Å². The van der Waals surface area contributed by atoms with Crippen LogP contribution in [0.3, 0.4) is 0 Å². The maximum Gasteiger partial charge on any atom is 0.164 e. The van der Waals surface area contributed by atoms with Gasteiger partial charge in [0.2, 0.25) is 0 Å². The van der Waals surface area contributed by atoms with Gasteiger partial charge in [-0.3, -0.25) is 0 Å². The SMILES string of the molecule is c1ccc(-c2cccc(-c3nc(-c4cccc(-c5ccccc5)c4)nc(-c4cccc(-c5c(-c6ccccc6)c(-c6ccccc6)c(-c6ccccc6)c(-c6ccccc6)c5-c5ccccc5)c4)n3)c2)cc1. The third-order valence-corrected chi connectivity index (χ3v) is 13.3. The molecule has 0 unspecified atom stereocenters. The van der Waals surface area contributed by atoms with E-state index in [0.717, 1.165) is 100 Å².